The first kappa shape index (κ1) is 16.1. The van der Waals surface area contributed by atoms with Crippen LogP contribution in [0.4, 0.5) is 5.69 Å². The van der Waals surface area contributed by atoms with Crippen molar-refractivity contribution in [3.8, 4) is 5.75 Å². The first-order chi connectivity index (χ1) is 11.8. The van der Waals surface area contributed by atoms with Crippen molar-refractivity contribution >= 4 is 5.69 Å². The van der Waals surface area contributed by atoms with E-state index in [1.165, 1.54) is 16.7 Å². The maximum Gasteiger partial charge on any atom is 0.141 e. The van der Waals surface area contributed by atoms with Gasteiger partial charge in [-0.2, -0.15) is 0 Å². The van der Waals surface area contributed by atoms with E-state index in [-0.39, 0.29) is 6.04 Å². The van der Waals surface area contributed by atoms with Gasteiger partial charge in [0, 0.05) is 0 Å². The highest BCUT2D eigenvalue weighted by Crippen LogP contribution is 2.30. The van der Waals surface area contributed by atoms with Gasteiger partial charge in [0.15, 0.2) is 0 Å². The highest BCUT2D eigenvalue weighted by molar-refractivity contribution is 5.57. The van der Waals surface area contributed by atoms with E-state index in [4.69, 9.17) is 4.74 Å². The van der Waals surface area contributed by atoms with E-state index < -0.39 is 0 Å². The first-order valence-electron chi connectivity index (χ1n) is 8.26. The summed E-state index contributed by atoms with van der Waals surface area (Å²) in [6, 6.07) is 27.5. The summed E-state index contributed by atoms with van der Waals surface area (Å²) in [7, 11) is 1.71. The van der Waals surface area contributed by atoms with E-state index >= 15 is 0 Å². The molecule has 0 amide bonds. The average molecular weight is 317 g/mol. The third-order valence-corrected chi connectivity index (χ3v) is 4.16. The summed E-state index contributed by atoms with van der Waals surface area (Å²) in [6.45, 7) is 2.13. The number of hydrogen-bond donors (Lipinski definition) is 1. The molecule has 1 N–H and O–H groups in total. The molecule has 0 saturated carbocycles. The molecule has 0 aliphatic carbocycles. The quantitative estimate of drug-likeness (QED) is 0.657. The lowest BCUT2D eigenvalue weighted by molar-refractivity contribution is 0.416. The van der Waals surface area contributed by atoms with Crippen LogP contribution in [0.5, 0.6) is 5.75 Å². The number of aryl methyl sites for hydroxylation is 1. The Morgan fingerprint density at radius 2 is 1.62 bits per heavy atom. The number of benzene rings is 3. The van der Waals surface area contributed by atoms with Crippen LogP contribution in [0.25, 0.3) is 0 Å². The lowest BCUT2D eigenvalue weighted by Crippen LogP contribution is -2.14. The Kier molecular flexibility index (Phi) is 5.17. The highest BCUT2D eigenvalue weighted by atomic mass is 16.5. The van der Waals surface area contributed by atoms with Crippen molar-refractivity contribution in [3.05, 3.63) is 95.6 Å². The van der Waals surface area contributed by atoms with Crippen molar-refractivity contribution in [1.82, 2.24) is 0 Å². The minimum atomic E-state index is 0.184. The van der Waals surface area contributed by atoms with Gasteiger partial charge in [0.05, 0.1) is 18.8 Å². The maximum atomic E-state index is 5.49. The summed E-state index contributed by atoms with van der Waals surface area (Å²) in [5.41, 5.74) is 4.88. The van der Waals surface area contributed by atoms with Gasteiger partial charge in [-0.15, -0.1) is 0 Å². The molecule has 2 heteroatoms. The Morgan fingerprint density at radius 1 is 0.875 bits per heavy atom. The third-order valence-electron chi connectivity index (χ3n) is 4.16. The van der Waals surface area contributed by atoms with Crippen LogP contribution in [-0.4, -0.2) is 7.11 Å². The molecule has 0 radical (unpaired) electrons. The van der Waals surface area contributed by atoms with Crippen molar-refractivity contribution < 1.29 is 4.74 Å². The molecule has 0 aromatic heterocycles. The molecule has 1 atom stereocenters. The van der Waals surface area contributed by atoms with Crippen LogP contribution in [0.1, 0.15) is 22.7 Å². The Morgan fingerprint density at radius 3 is 2.38 bits per heavy atom. The molecule has 1 unspecified atom stereocenters. The zero-order valence-electron chi connectivity index (χ0n) is 14.2. The summed E-state index contributed by atoms with van der Waals surface area (Å²) < 4.78 is 5.49. The van der Waals surface area contributed by atoms with Gasteiger partial charge in [-0.25, -0.2) is 0 Å². The first-order valence-corrected chi connectivity index (χ1v) is 8.26. The number of para-hydroxylation sites is 2. The van der Waals surface area contributed by atoms with Crippen molar-refractivity contribution in [2.75, 3.05) is 12.4 Å². The van der Waals surface area contributed by atoms with Gasteiger partial charge in [0.2, 0.25) is 0 Å². The van der Waals surface area contributed by atoms with Crippen LogP contribution in [0.3, 0.4) is 0 Å². The molecule has 0 bridgehead atoms. The smallest absolute Gasteiger partial charge is 0.141 e. The predicted octanol–water partition coefficient (Wildman–Crippen LogP) is 5.40. The van der Waals surface area contributed by atoms with Crippen LogP contribution in [-0.2, 0) is 6.42 Å². The van der Waals surface area contributed by atoms with Gasteiger partial charge in [0.25, 0.3) is 0 Å². The standard InChI is InChI=1S/C22H23NO/c1-17-9-8-12-19(15-17)21(16-18-10-4-3-5-11-18)23-20-13-6-7-14-22(20)24-2/h3-15,21,23H,16H2,1-2H3. The predicted molar refractivity (Wildman–Crippen MR) is 101 cm³/mol. The monoisotopic (exact) mass is 317 g/mol. The Bertz CT molecular complexity index is 783. The average Bonchev–Trinajstić information content (AvgIpc) is 2.62. The lowest BCUT2D eigenvalue weighted by atomic mass is 9.97. The molecule has 0 fully saturated rings. The van der Waals surface area contributed by atoms with E-state index in [2.05, 4.69) is 72.9 Å². The molecule has 0 aliphatic rings. The second-order valence-electron chi connectivity index (χ2n) is 6.00. The molecular weight excluding hydrogens is 294 g/mol. The fraction of sp³-hybridized carbons (Fsp3) is 0.182. The maximum absolute atomic E-state index is 5.49. The zero-order chi connectivity index (χ0) is 16.8. The zero-order valence-corrected chi connectivity index (χ0v) is 14.2. The summed E-state index contributed by atoms with van der Waals surface area (Å²) in [5, 5.41) is 3.67. The fourth-order valence-corrected chi connectivity index (χ4v) is 2.94. The van der Waals surface area contributed by atoms with E-state index in [1.807, 2.05) is 18.2 Å². The Labute approximate surface area is 144 Å². The molecule has 0 heterocycles. The van der Waals surface area contributed by atoms with E-state index in [9.17, 15) is 0 Å². The van der Waals surface area contributed by atoms with Crippen molar-refractivity contribution in [3.63, 3.8) is 0 Å². The molecule has 3 aromatic carbocycles. The Hall–Kier alpha value is -2.74. The van der Waals surface area contributed by atoms with Gasteiger partial charge >= 0.3 is 0 Å². The number of ether oxygens (including phenoxy) is 1. The molecule has 3 rings (SSSR count). The molecule has 0 saturated heterocycles. The number of methoxy groups -OCH3 is 1. The summed E-state index contributed by atoms with van der Waals surface area (Å²) in [6.07, 6.45) is 0.919. The van der Waals surface area contributed by atoms with E-state index in [1.54, 1.807) is 7.11 Å². The molecule has 3 aromatic rings. The van der Waals surface area contributed by atoms with Gasteiger partial charge in [-0.05, 0) is 36.6 Å². The molecule has 2 nitrogen and oxygen atoms in total. The van der Waals surface area contributed by atoms with E-state index in [0.29, 0.717) is 0 Å². The van der Waals surface area contributed by atoms with Crippen molar-refractivity contribution in [2.45, 2.75) is 19.4 Å². The van der Waals surface area contributed by atoms with Crippen LogP contribution in [0, 0.1) is 6.92 Å². The van der Waals surface area contributed by atoms with Gasteiger partial charge in [-0.3, -0.25) is 0 Å². The summed E-state index contributed by atoms with van der Waals surface area (Å²) >= 11 is 0. The number of hydrogen-bond acceptors (Lipinski definition) is 2. The minimum Gasteiger partial charge on any atom is -0.495 e. The highest BCUT2D eigenvalue weighted by Gasteiger charge is 2.14. The molecule has 122 valence electrons. The third kappa shape index (κ3) is 3.96. The normalized spacial score (nSPS) is 11.8. The van der Waals surface area contributed by atoms with Gasteiger partial charge in [0.1, 0.15) is 5.75 Å². The van der Waals surface area contributed by atoms with Crippen LogP contribution in [0.15, 0.2) is 78.9 Å². The summed E-state index contributed by atoms with van der Waals surface area (Å²) in [4.78, 5) is 0. The summed E-state index contributed by atoms with van der Waals surface area (Å²) in [5.74, 6) is 0.864. The van der Waals surface area contributed by atoms with Gasteiger partial charge in [-0.1, -0.05) is 72.3 Å². The number of anilines is 1. The van der Waals surface area contributed by atoms with Crippen molar-refractivity contribution in [2.24, 2.45) is 0 Å². The van der Waals surface area contributed by atoms with Crippen LogP contribution < -0.4 is 10.1 Å². The van der Waals surface area contributed by atoms with Crippen LogP contribution >= 0.6 is 0 Å². The second kappa shape index (κ2) is 7.69. The topological polar surface area (TPSA) is 21.3 Å². The fourth-order valence-electron chi connectivity index (χ4n) is 2.94. The molecule has 0 aliphatic heterocycles. The number of nitrogens with one attached hydrogen (secondary N) is 1. The number of rotatable bonds is 6. The van der Waals surface area contributed by atoms with E-state index in [0.717, 1.165) is 17.9 Å². The second-order valence-corrected chi connectivity index (χ2v) is 6.00. The molecule has 0 spiro atoms. The molecular formula is C22H23NO. The SMILES string of the molecule is COc1ccccc1NC(Cc1ccccc1)c1cccc(C)c1. The van der Waals surface area contributed by atoms with Crippen molar-refractivity contribution in [1.29, 1.82) is 0 Å². The lowest BCUT2D eigenvalue weighted by Gasteiger charge is -2.22. The largest absolute Gasteiger partial charge is 0.495 e. The van der Waals surface area contributed by atoms with Crippen LogP contribution in [0.2, 0.25) is 0 Å². The molecule has 24 heavy (non-hydrogen) atoms. The Balaban J connectivity index is 1.92. The minimum absolute atomic E-state index is 0.184. The van der Waals surface area contributed by atoms with Gasteiger partial charge < -0.3 is 10.1 Å².